The van der Waals surface area contributed by atoms with Gasteiger partial charge in [0, 0.05) is 23.4 Å². The number of carbonyl (C=O) groups is 1. The SMILES string of the molecule is C#Cc1cccc2c(CC(=O)O)[nH]nc12.CC(C)Oc1ccc(SN2CCCCC2)cc1. The molecule has 0 atom stereocenters. The lowest BCUT2D eigenvalue weighted by molar-refractivity contribution is -0.136. The molecule has 3 aromatic rings. The number of aliphatic carboxylic acids is 1. The van der Waals surface area contributed by atoms with Crippen LogP contribution in [0.25, 0.3) is 10.9 Å². The Hall–Kier alpha value is -2.95. The number of hydrogen-bond donors (Lipinski definition) is 2. The number of ether oxygens (including phenoxy) is 1. The van der Waals surface area contributed by atoms with E-state index in [1.54, 1.807) is 18.2 Å². The van der Waals surface area contributed by atoms with Crippen molar-refractivity contribution in [2.45, 2.75) is 50.5 Å². The third-order valence-corrected chi connectivity index (χ3v) is 6.00. The molecule has 1 aliphatic heterocycles. The molecule has 32 heavy (non-hydrogen) atoms. The fourth-order valence-electron chi connectivity index (χ4n) is 3.45. The number of hydrogen-bond acceptors (Lipinski definition) is 5. The highest BCUT2D eigenvalue weighted by atomic mass is 32.2. The maximum Gasteiger partial charge on any atom is 0.309 e. The monoisotopic (exact) mass is 451 g/mol. The van der Waals surface area contributed by atoms with Crippen molar-refractivity contribution in [3.8, 4) is 18.1 Å². The van der Waals surface area contributed by atoms with Gasteiger partial charge in [0.15, 0.2) is 0 Å². The number of para-hydroxylation sites is 1. The number of carboxylic acids is 1. The van der Waals surface area contributed by atoms with Gasteiger partial charge in [-0.15, -0.1) is 6.42 Å². The Morgan fingerprint density at radius 1 is 1.22 bits per heavy atom. The van der Waals surface area contributed by atoms with E-state index in [-0.39, 0.29) is 12.5 Å². The van der Waals surface area contributed by atoms with E-state index in [1.807, 2.05) is 11.9 Å². The zero-order valence-corrected chi connectivity index (χ0v) is 19.3. The number of piperidine rings is 1. The summed E-state index contributed by atoms with van der Waals surface area (Å²) in [5, 5.41) is 16.2. The zero-order chi connectivity index (χ0) is 22.9. The smallest absolute Gasteiger partial charge is 0.309 e. The average molecular weight is 452 g/mol. The van der Waals surface area contributed by atoms with Crippen molar-refractivity contribution in [1.29, 1.82) is 0 Å². The minimum atomic E-state index is -0.897. The van der Waals surface area contributed by atoms with E-state index in [0.29, 0.717) is 16.8 Å². The van der Waals surface area contributed by atoms with Gasteiger partial charge in [-0.2, -0.15) is 5.10 Å². The molecule has 6 nitrogen and oxygen atoms in total. The number of rotatable bonds is 6. The van der Waals surface area contributed by atoms with Crippen LogP contribution in [0.15, 0.2) is 47.4 Å². The number of fused-ring (bicyclic) bond motifs is 1. The van der Waals surface area contributed by atoms with Crippen molar-refractivity contribution in [2.24, 2.45) is 0 Å². The quantitative estimate of drug-likeness (QED) is 0.399. The largest absolute Gasteiger partial charge is 0.491 e. The number of H-pyrrole nitrogens is 1. The summed E-state index contributed by atoms with van der Waals surface area (Å²) in [5.74, 6) is 2.57. The van der Waals surface area contributed by atoms with Gasteiger partial charge in [0.25, 0.3) is 0 Å². The second-order valence-corrected chi connectivity index (χ2v) is 9.01. The van der Waals surface area contributed by atoms with Gasteiger partial charge in [-0.05, 0) is 69.0 Å². The van der Waals surface area contributed by atoms with E-state index in [0.717, 1.165) is 11.1 Å². The first-order valence-corrected chi connectivity index (χ1v) is 11.6. The summed E-state index contributed by atoms with van der Waals surface area (Å²) < 4.78 is 8.10. The topological polar surface area (TPSA) is 78.4 Å². The predicted molar refractivity (Wildman–Crippen MR) is 129 cm³/mol. The Balaban J connectivity index is 0.000000182. The summed E-state index contributed by atoms with van der Waals surface area (Å²) in [7, 11) is 0. The molecule has 2 heterocycles. The molecule has 7 heteroatoms. The van der Waals surface area contributed by atoms with Gasteiger partial charge in [-0.1, -0.05) is 24.5 Å². The van der Waals surface area contributed by atoms with Crippen molar-refractivity contribution in [2.75, 3.05) is 13.1 Å². The first kappa shape index (κ1) is 23.7. The molecular weight excluding hydrogens is 422 g/mol. The maximum absolute atomic E-state index is 10.6. The van der Waals surface area contributed by atoms with E-state index in [9.17, 15) is 4.79 Å². The Kier molecular flexibility index (Phi) is 8.60. The molecule has 2 N–H and O–H groups in total. The normalized spacial score (nSPS) is 13.9. The van der Waals surface area contributed by atoms with E-state index < -0.39 is 5.97 Å². The molecule has 1 aromatic heterocycles. The molecule has 0 aliphatic carbocycles. The van der Waals surface area contributed by atoms with Crippen LogP contribution in [0, 0.1) is 12.3 Å². The highest BCUT2D eigenvalue weighted by Gasteiger charge is 2.12. The van der Waals surface area contributed by atoms with Gasteiger partial charge in [0.2, 0.25) is 0 Å². The second kappa shape index (κ2) is 11.6. The number of aromatic nitrogens is 2. The number of aromatic amines is 1. The second-order valence-electron chi connectivity index (χ2n) is 7.84. The van der Waals surface area contributed by atoms with Gasteiger partial charge in [-0.25, -0.2) is 4.31 Å². The Labute approximate surface area is 193 Å². The van der Waals surface area contributed by atoms with E-state index >= 15 is 0 Å². The molecule has 0 unspecified atom stereocenters. The Bertz CT molecular complexity index is 1060. The fourth-order valence-corrected chi connectivity index (χ4v) is 4.45. The molecule has 1 aliphatic rings. The van der Waals surface area contributed by atoms with Crippen LogP contribution in [0.3, 0.4) is 0 Å². The zero-order valence-electron chi connectivity index (χ0n) is 18.5. The van der Waals surface area contributed by atoms with Crippen LogP contribution in [-0.4, -0.2) is 44.8 Å². The molecule has 0 radical (unpaired) electrons. The van der Waals surface area contributed by atoms with Gasteiger partial charge in [-0.3, -0.25) is 9.89 Å². The van der Waals surface area contributed by atoms with Crippen molar-refractivity contribution >= 4 is 28.8 Å². The molecule has 0 bridgehead atoms. The minimum Gasteiger partial charge on any atom is -0.491 e. The van der Waals surface area contributed by atoms with Gasteiger partial charge in [0.05, 0.1) is 23.8 Å². The lowest BCUT2D eigenvalue weighted by Crippen LogP contribution is -2.22. The molecule has 2 aromatic carbocycles. The summed E-state index contributed by atoms with van der Waals surface area (Å²) in [6, 6.07) is 13.8. The summed E-state index contributed by atoms with van der Waals surface area (Å²) in [6.45, 7) is 6.54. The summed E-state index contributed by atoms with van der Waals surface area (Å²) in [5.41, 5.74) is 1.89. The summed E-state index contributed by atoms with van der Waals surface area (Å²) >= 11 is 1.87. The van der Waals surface area contributed by atoms with Crippen molar-refractivity contribution in [1.82, 2.24) is 14.5 Å². The third-order valence-electron chi connectivity index (χ3n) is 4.89. The van der Waals surface area contributed by atoms with Crippen LogP contribution < -0.4 is 4.74 Å². The molecule has 0 spiro atoms. The fraction of sp³-hybridized carbons (Fsp3) is 0.360. The van der Waals surface area contributed by atoms with Crippen molar-refractivity contribution in [3.63, 3.8) is 0 Å². The van der Waals surface area contributed by atoms with E-state index in [1.165, 1.54) is 37.2 Å². The number of benzene rings is 2. The maximum atomic E-state index is 10.6. The average Bonchev–Trinajstić information content (AvgIpc) is 3.18. The van der Waals surface area contributed by atoms with Crippen LogP contribution in [0.2, 0.25) is 0 Å². The first-order chi connectivity index (χ1) is 15.5. The Morgan fingerprint density at radius 2 is 1.94 bits per heavy atom. The lowest BCUT2D eigenvalue weighted by atomic mass is 10.1. The molecule has 0 amide bonds. The van der Waals surface area contributed by atoms with Gasteiger partial charge in [0.1, 0.15) is 11.3 Å². The van der Waals surface area contributed by atoms with Crippen molar-refractivity contribution in [3.05, 3.63) is 53.7 Å². The van der Waals surface area contributed by atoms with Gasteiger partial charge >= 0.3 is 5.97 Å². The third kappa shape index (κ3) is 6.78. The van der Waals surface area contributed by atoms with Crippen LogP contribution in [0.1, 0.15) is 44.4 Å². The molecule has 1 fully saturated rings. The molecule has 4 rings (SSSR count). The highest BCUT2D eigenvalue weighted by molar-refractivity contribution is 7.97. The molecule has 1 saturated heterocycles. The molecule has 168 valence electrons. The number of carboxylic acid groups (broad SMARTS) is 1. The molecule has 0 saturated carbocycles. The number of nitrogens with zero attached hydrogens (tertiary/aromatic N) is 2. The highest BCUT2D eigenvalue weighted by Crippen LogP contribution is 2.27. The Morgan fingerprint density at radius 3 is 2.56 bits per heavy atom. The van der Waals surface area contributed by atoms with E-state index in [4.69, 9.17) is 16.3 Å². The lowest BCUT2D eigenvalue weighted by Gasteiger charge is -2.25. The minimum absolute atomic E-state index is 0.0788. The predicted octanol–water partition coefficient (Wildman–Crippen LogP) is 5.14. The van der Waals surface area contributed by atoms with Crippen molar-refractivity contribution < 1.29 is 14.6 Å². The standard InChI is InChI=1S/C14H21NOS.C11H8N2O2/c1-12(2)16-13-6-8-14(9-7-13)17-15-10-4-3-5-11-15;1-2-7-4-3-5-8-9(6-10(14)15)12-13-11(7)8/h6-9,12H,3-5,10-11H2,1-2H3;1,3-5H,6H2,(H,12,13)(H,14,15). The first-order valence-electron chi connectivity index (χ1n) is 10.8. The van der Waals surface area contributed by atoms with Crippen LogP contribution >= 0.6 is 11.9 Å². The number of nitrogens with one attached hydrogen (secondary N) is 1. The summed E-state index contributed by atoms with van der Waals surface area (Å²) in [6.07, 6.45) is 9.53. The van der Waals surface area contributed by atoms with Crippen LogP contribution in [0.4, 0.5) is 0 Å². The molecular formula is C25H29N3O3S. The summed E-state index contributed by atoms with van der Waals surface area (Å²) in [4.78, 5) is 11.9. The van der Waals surface area contributed by atoms with Crippen LogP contribution in [0.5, 0.6) is 5.75 Å². The van der Waals surface area contributed by atoms with E-state index in [2.05, 4.69) is 58.5 Å². The number of terminal acetylenes is 1. The van der Waals surface area contributed by atoms with Gasteiger partial charge < -0.3 is 9.84 Å². The van der Waals surface area contributed by atoms with Crippen LogP contribution in [-0.2, 0) is 11.2 Å².